The lowest BCUT2D eigenvalue weighted by Crippen LogP contribution is -2.53. The van der Waals surface area contributed by atoms with E-state index in [4.69, 9.17) is 9.47 Å². The molecule has 0 bridgehead atoms. The van der Waals surface area contributed by atoms with Crippen molar-refractivity contribution >= 4 is 27.7 Å². The quantitative estimate of drug-likeness (QED) is 0.327. The van der Waals surface area contributed by atoms with Gasteiger partial charge in [-0.3, -0.25) is 9.59 Å². The molecule has 0 radical (unpaired) electrons. The average Bonchev–Trinajstić information content (AvgIpc) is 2.90. The molecule has 0 heterocycles. The van der Waals surface area contributed by atoms with Crippen LogP contribution in [0.5, 0.6) is 11.5 Å². The van der Waals surface area contributed by atoms with E-state index in [2.05, 4.69) is 21.2 Å². The highest BCUT2D eigenvalue weighted by Crippen LogP contribution is 2.20. The summed E-state index contributed by atoms with van der Waals surface area (Å²) in [6.45, 7) is 4.03. The van der Waals surface area contributed by atoms with Crippen molar-refractivity contribution in [1.82, 2.24) is 10.2 Å². The molecule has 0 unspecified atom stereocenters. The molecule has 3 aromatic rings. The van der Waals surface area contributed by atoms with Crippen LogP contribution in [0.2, 0.25) is 0 Å². The number of hydrogen-bond acceptors (Lipinski definition) is 4. The fraction of sp³-hybridized carbons (Fsp3) is 0.310. The van der Waals surface area contributed by atoms with Gasteiger partial charge >= 0.3 is 0 Å². The van der Waals surface area contributed by atoms with E-state index in [0.29, 0.717) is 17.9 Å². The van der Waals surface area contributed by atoms with Crippen molar-refractivity contribution in [2.45, 2.75) is 45.3 Å². The molecule has 6 nitrogen and oxygen atoms in total. The molecule has 0 aliphatic rings. The van der Waals surface area contributed by atoms with Crippen LogP contribution in [0, 0.1) is 0 Å². The molecular weight excluding hydrogens is 520 g/mol. The molecular formula is C29H33BrN2O4. The van der Waals surface area contributed by atoms with Gasteiger partial charge in [-0.25, -0.2) is 0 Å². The Hall–Kier alpha value is -3.32. The number of nitrogens with zero attached hydrogens (tertiary/aromatic N) is 1. The number of hydrogen-bond donors (Lipinski definition) is 1. The number of carbonyl (C=O) groups excluding carboxylic acids is 2. The molecule has 7 heteroatoms. The van der Waals surface area contributed by atoms with E-state index in [0.717, 1.165) is 22.0 Å². The molecule has 0 spiro atoms. The van der Waals surface area contributed by atoms with Crippen molar-refractivity contribution in [2.75, 3.05) is 13.7 Å². The number of methoxy groups -OCH3 is 1. The number of rotatable bonds is 12. The van der Waals surface area contributed by atoms with Crippen LogP contribution in [0.4, 0.5) is 0 Å². The van der Waals surface area contributed by atoms with Crippen molar-refractivity contribution in [1.29, 1.82) is 0 Å². The van der Waals surface area contributed by atoms with Gasteiger partial charge in [-0.15, -0.1) is 0 Å². The summed E-state index contributed by atoms with van der Waals surface area (Å²) in [5.74, 6) is 0.806. The number of halogens is 1. The van der Waals surface area contributed by atoms with Gasteiger partial charge in [0.1, 0.15) is 17.5 Å². The first-order valence-electron chi connectivity index (χ1n) is 12.0. The van der Waals surface area contributed by atoms with Gasteiger partial charge in [-0.2, -0.15) is 0 Å². The van der Waals surface area contributed by atoms with Crippen LogP contribution in [-0.2, 0) is 22.6 Å². The molecule has 0 fully saturated rings. The monoisotopic (exact) mass is 552 g/mol. The zero-order chi connectivity index (χ0) is 25.9. The standard InChI is InChI=1S/C29H33BrN2O4/c1-4-21(2)31-29(34)27(18-22-9-6-5-7-10-22)32(19-23-11-8-12-26(17-23)35-3)28(33)20-36-25-15-13-24(30)14-16-25/h5-17,21,27H,4,18-20H2,1-3H3,(H,31,34)/t21-,27-/m0/s1. The van der Waals surface area contributed by atoms with Crippen LogP contribution in [-0.4, -0.2) is 42.5 Å². The second-order valence-corrected chi connectivity index (χ2v) is 9.55. The summed E-state index contributed by atoms with van der Waals surface area (Å²) in [6, 6.07) is 23.8. The Labute approximate surface area is 221 Å². The maximum absolute atomic E-state index is 13.6. The maximum Gasteiger partial charge on any atom is 0.261 e. The van der Waals surface area contributed by atoms with Crippen molar-refractivity contribution in [2.24, 2.45) is 0 Å². The second kappa shape index (κ2) is 13.7. The lowest BCUT2D eigenvalue weighted by molar-refractivity contribution is -0.143. The van der Waals surface area contributed by atoms with Crippen LogP contribution in [0.1, 0.15) is 31.4 Å². The van der Waals surface area contributed by atoms with Gasteiger partial charge < -0.3 is 19.7 Å². The maximum atomic E-state index is 13.6. The Morgan fingerprint density at radius 1 is 0.944 bits per heavy atom. The van der Waals surface area contributed by atoms with Crippen LogP contribution in [0.15, 0.2) is 83.3 Å². The molecule has 0 aliphatic carbocycles. The molecule has 0 saturated carbocycles. The molecule has 36 heavy (non-hydrogen) atoms. The topological polar surface area (TPSA) is 67.9 Å². The Morgan fingerprint density at radius 2 is 1.64 bits per heavy atom. The third-order valence-electron chi connectivity index (χ3n) is 5.94. The zero-order valence-corrected chi connectivity index (χ0v) is 22.5. The van der Waals surface area contributed by atoms with E-state index < -0.39 is 6.04 Å². The van der Waals surface area contributed by atoms with Gasteiger partial charge in [0.25, 0.3) is 5.91 Å². The predicted molar refractivity (Wildman–Crippen MR) is 145 cm³/mol. The zero-order valence-electron chi connectivity index (χ0n) is 20.9. The SMILES string of the molecule is CC[C@H](C)NC(=O)[C@H](Cc1ccccc1)N(Cc1cccc(OC)c1)C(=O)COc1ccc(Br)cc1. The van der Waals surface area contributed by atoms with E-state index in [1.54, 1.807) is 24.1 Å². The molecule has 0 aromatic heterocycles. The first kappa shape index (κ1) is 27.3. The normalized spacial score (nSPS) is 12.3. The van der Waals surface area contributed by atoms with E-state index in [1.165, 1.54) is 0 Å². The second-order valence-electron chi connectivity index (χ2n) is 8.64. The van der Waals surface area contributed by atoms with Gasteiger partial charge in [-0.1, -0.05) is 65.3 Å². The highest BCUT2D eigenvalue weighted by molar-refractivity contribution is 9.10. The highest BCUT2D eigenvalue weighted by atomic mass is 79.9. The number of benzene rings is 3. The van der Waals surface area contributed by atoms with E-state index >= 15 is 0 Å². The lowest BCUT2D eigenvalue weighted by Gasteiger charge is -2.32. The summed E-state index contributed by atoms with van der Waals surface area (Å²) in [4.78, 5) is 28.7. The van der Waals surface area contributed by atoms with Gasteiger partial charge in [0.05, 0.1) is 7.11 Å². The third kappa shape index (κ3) is 8.12. The summed E-state index contributed by atoms with van der Waals surface area (Å²) in [5, 5.41) is 3.07. The fourth-order valence-electron chi connectivity index (χ4n) is 3.72. The van der Waals surface area contributed by atoms with Crippen LogP contribution in [0.25, 0.3) is 0 Å². The van der Waals surface area contributed by atoms with Gasteiger partial charge in [0.2, 0.25) is 5.91 Å². The molecule has 2 atom stereocenters. The van der Waals surface area contributed by atoms with Gasteiger partial charge in [-0.05, 0) is 60.9 Å². The van der Waals surface area contributed by atoms with Crippen molar-refractivity contribution in [3.8, 4) is 11.5 Å². The van der Waals surface area contributed by atoms with E-state index in [9.17, 15) is 9.59 Å². The number of nitrogens with one attached hydrogen (secondary N) is 1. The molecule has 0 saturated heterocycles. The third-order valence-corrected chi connectivity index (χ3v) is 6.46. The summed E-state index contributed by atoms with van der Waals surface area (Å²) in [6.07, 6.45) is 1.18. The first-order valence-corrected chi connectivity index (χ1v) is 12.8. The van der Waals surface area contributed by atoms with Crippen LogP contribution >= 0.6 is 15.9 Å². The van der Waals surface area contributed by atoms with E-state index in [-0.39, 0.29) is 31.0 Å². The molecule has 1 N–H and O–H groups in total. The molecule has 3 aromatic carbocycles. The Bertz CT molecular complexity index is 1120. The van der Waals surface area contributed by atoms with Gasteiger partial charge in [0, 0.05) is 23.5 Å². The predicted octanol–water partition coefficient (Wildman–Crippen LogP) is 5.39. The first-order chi connectivity index (χ1) is 17.4. The highest BCUT2D eigenvalue weighted by Gasteiger charge is 2.31. The van der Waals surface area contributed by atoms with Crippen LogP contribution < -0.4 is 14.8 Å². The summed E-state index contributed by atoms with van der Waals surface area (Å²) >= 11 is 3.40. The minimum absolute atomic E-state index is 0.0106. The number of carbonyl (C=O) groups is 2. The number of ether oxygens (including phenoxy) is 2. The molecule has 0 aliphatic heterocycles. The lowest BCUT2D eigenvalue weighted by atomic mass is 10.0. The minimum atomic E-state index is -0.714. The summed E-state index contributed by atoms with van der Waals surface area (Å²) < 4.78 is 12.1. The van der Waals surface area contributed by atoms with Crippen LogP contribution in [0.3, 0.4) is 0 Å². The Balaban J connectivity index is 1.92. The minimum Gasteiger partial charge on any atom is -0.497 e. The van der Waals surface area contributed by atoms with Crippen molar-refractivity contribution < 1.29 is 19.1 Å². The fourth-order valence-corrected chi connectivity index (χ4v) is 3.99. The average molecular weight is 553 g/mol. The molecule has 190 valence electrons. The van der Waals surface area contributed by atoms with Crippen molar-refractivity contribution in [3.63, 3.8) is 0 Å². The molecule has 2 amide bonds. The number of amides is 2. The Morgan fingerprint density at radius 3 is 2.31 bits per heavy atom. The van der Waals surface area contributed by atoms with Gasteiger partial charge in [0.15, 0.2) is 6.61 Å². The summed E-state index contributed by atoms with van der Waals surface area (Å²) in [5.41, 5.74) is 1.83. The van der Waals surface area contributed by atoms with Crippen molar-refractivity contribution in [3.05, 3.63) is 94.5 Å². The smallest absolute Gasteiger partial charge is 0.261 e. The van der Waals surface area contributed by atoms with E-state index in [1.807, 2.05) is 80.6 Å². The largest absolute Gasteiger partial charge is 0.497 e. The Kier molecular flexibility index (Phi) is 10.4. The summed E-state index contributed by atoms with van der Waals surface area (Å²) in [7, 11) is 1.60. The molecule has 3 rings (SSSR count).